The Morgan fingerprint density at radius 2 is 2.08 bits per heavy atom. The summed E-state index contributed by atoms with van der Waals surface area (Å²) in [6, 6.07) is 8.49. The van der Waals surface area contributed by atoms with E-state index >= 15 is 0 Å². The quantitative estimate of drug-likeness (QED) is 0.768. The first kappa shape index (κ1) is 18.4. The van der Waals surface area contributed by atoms with Gasteiger partial charge in [0.1, 0.15) is 12.8 Å². The van der Waals surface area contributed by atoms with E-state index in [9.17, 15) is 18.5 Å². The third kappa shape index (κ3) is 4.24. The van der Waals surface area contributed by atoms with Crippen LogP contribution in [0.1, 0.15) is 18.2 Å². The molecular weight excluding hydrogens is 366 g/mol. The molecular formula is C16H17FN2O6P+. The fraction of sp³-hybridized carbons (Fsp3) is 0.375. The lowest BCUT2D eigenvalue weighted by Crippen LogP contribution is -2.35. The molecule has 1 aromatic heterocycles. The Kier molecular flexibility index (Phi) is 5.61. The monoisotopic (exact) mass is 383 g/mol. The van der Waals surface area contributed by atoms with Crippen molar-refractivity contribution in [3.63, 3.8) is 0 Å². The highest BCUT2D eigenvalue weighted by Crippen LogP contribution is 2.33. The maximum absolute atomic E-state index is 14.3. The van der Waals surface area contributed by atoms with Crippen LogP contribution in [-0.2, 0) is 13.8 Å². The van der Waals surface area contributed by atoms with Gasteiger partial charge in [-0.15, -0.1) is 4.52 Å². The molecule has 0 bridgehead atoms. The van der Waals surface area contributed by atoms with Crippen LogP contribution in [0, 0.1) is 6.92 Å². The number of halogens is 1. The van der Waals surface area contributed by atoms with Crippen molar-refractivity contribution >= 4 is 8.25 Å². The average Bonchev–Trinajstić information content (AvgIpc) is 2.98. The maximum atomic E-state index is 14.3. The predicted molar refractivity (Wildman–Crippen MR) is 90.1 cm³/mol. The van der Waals surface area contributed by atoms with Gasteiger partial charge in [0.2, 0.25) is 0 Å². The Morgan fingerprint density at radius 3 is 2.81 bits per heavy atom. The normalized spacial score (nSPS) is 23.0. The van der Waals surface area contributed by atoms with E-state index in [4.69, 9.17) is 13.8 Å². The second-order valence-corrected chi connectivity index (χ2v) is 6.69. The summed E-state index contributed by atoms with van der Waals surface area (Å²) in [5, 5.41) is 0. The van der Waals surface area contributed by atoms with Crippen LogP contribution >= 0.6 is 8.25 Å². The lowest BCUT2D eigenvalue weighted by Gasteiger charge is -2.16. The minimum atomic E-state index is -2.44. The predicted octanol–water partition coefficient (Wildman–Crippen LogP) is 2.22. The number of ether oxygens (including phenoxy) is 1. The van der Waals surface area contributed by atoms with Gasteiger partial charge in [0.05, 0.1) is 6.10 Å². The molecule has 3 rings (SSSR count). The number of benzene rings is 1. The molecule has 4 atom stereocenters. The Hall–Kier alpha value is -2.35. The zero-order chi connectivity index (χ0) is 18.7. The number of aryl methyl sites for hydroxylation is 1. The minimum Gasteiger partial charge on any atom is -0.349 e. The van der Waals surface area contributed by atoms with Crippen LogP contribution in [0.5, 0.6) is 5.75 Å². The molecule has 0 radical (unpaired) electrons. The number of rotatable bonds is 6. The van der Waals surface area contributed by atoms with Crippen LogP contribution in [0.15, 0.2) is 46.1 Å². The molecule has 1 fully saturated rings. The number of nitrogens with zero attached hydrogens (tertiary/aromatic N) is 1. The van der Waals surface area contributed by atoms with Crippen molar-refractivity contribution in [2.75, 3.05) is 6.61 Å². The number of para-hydroxylation sites is 1. The summed E-state index contributed by atoms with van der Waals surface area (Å²) in [5.74, 6) is 0.387. The first-order valence-electron chi connectivity index (χ1n) is 7.89. The van der Waals surface area contributed by atoms with Crippen molar-refractivity contribution in [1.82, 2.24) is 9.55 Å². The Balaban J connectivity index is 1.59. The van der Waals surface area contributed by atoms with Crippen molar-refractivity contribution in [3.05, 3.63) is 62.9 Å². The smallest absolute Gasteiger partial charge is 0.349 e. The largest absolute Gasteiger partial charge is 0.750 e. The molecule has 0 amide bonds. The van der Waals surface area contributed by atoms with E-state index in [-0.39, 0.29) is 18.6 Å². The minimum absolute atomic E-state index is 0.0379. The molecule has 0 saturated carbocycles. The van der Waals surface area contributed by atoms with Crippen molar-refractivity contribution in [1.29, 1.82) is 0 Å². The highest BCUT2D eigenvalue weighted by atomic mass is 31.1. The van der Waals surface area contributed by atoms with Crippen LogP contribution < -0.4 is 15.8 Å². The second kappa shape index (κ2) is 7.90. The topological polar surface area (TPSA) is 99.6 Å². The van der Waals surface area contributed by atoms with E-state index < -0.39 is 38.0 Å². The lowest BCUT2D eigenvalue weighted by molar-refractivity contribution is -0.0359. The molecule has 0 spiro atoms. The zero-order valence-electron chi connectivity index (χ0n) is 13.8. The van der Waals surface area contributed by atoms with E-state index in [1.165, 1.54) is 13.1 Å². The van der Waals surface area contributed by atoms with Gasteiger partial charge in [-0.2, -0.15) is 0 Å². The Morgan fingerprint density at radius 1 is 1.35 bits per heavy atom. The van der Waals surface area contributed by atoms with Crippen molar-refractivity contribution in [2.24, 2.45) is 0 Å². The molecule has 2 heterocycles. The summed E-state index contributed by atoms with van der Waals surface area (Å²) in [7, 11) is -2.44. The molecule has 1 aliphatic heterocycles. The molecule has 26 heavy (non-hydrogen) atoms. The van der Waals surface area contributed by atoms with E-state index in [0.29, 0.717) is 5.75 Å². The van der Waals surface area contributed by atoms with Crippen molar-refractivity contribution < 1.29 is 22.7 Å². The van der Waals surface area contributed by atoms with Crippen LogP contribution in [-0.4, -0.2) is 28.4 Å². The highest BCUT2D eigenvalue weighted by molar-refractivity contribution is 7.33. The summed E-state index contributed by atoms with van der Waals surface area (Å²) in [6.07, 6.45) is -2.14. The van der Waals surface area contributed by atoms with Gasteiger partial charge in [0, 0.05) is 22.7 Å². The molecule has 10 heteroatoms. The summed E-state index contributed by atoms with van der Waals surface area (Å²) >= 11 is 0. The molecule has 1 aliphatic rings. The van der Waals surface area contributed by atoms with E-state index in [1.54, 1.807) is 30.3 Å². The average molecular weight is 383 g/mol. The number of H-pyrrole nitrogens is 1. The van der Waals surface area contributed by atoms with Gasteiger partial charge in [0.15, 0.2) is 12.0 Å². The van der Waals surface area contributed by atoms with Crippen molar-refractivity contribution in [2.45, 2.75) is 31.8 Å². The Bertz CT molecular complexity index is 900. The van der Waals surface area contributed by atoms with Crippen LogP contribution in [0.3, 0.4) is 0 Å². The Labute approximate surface area is 148 Å². The first-order chi connectivity index (χ1) is 12.4. The molecule has 1 aromatic carbocycles. The summed E-state index contributed by atoms with van der Waals surface area (Å²) < 4.78 is 42.8. The molecule has 138 valence electrons. The standard InChI is InChI=1S/C16H16FN2O6P/c1-10-8-19(16(21)18-14(10)20)15-13(17)7-12(24-15)9-23-26(22)25-11-5-3-2-4-6-11/h2-6,8,12-13,15H,7,9H2,1H3/p+1. The van der Waals surface area contributed by atoms with Crippen LogP contribution in [0.4, 0.5) is 4.39 Å². The number of aromatic amines is 1. The number of alkyl halides is 1. The summed E-state index contributed by atoms with van der Waals surface area (Å²) in [5.41, 5.74) is -1.03. The molecule has 1 N–H and O–H groups in total. The lowest BCUT2D eigenvalue weighted by atomic mass is 10.2. The fourth-order valence-electron chi connectivity index (χ4n) is 2.57. The van der Waals surface area contributed by atoms with Crippen LogP contribution in [0.25, 0.3) is 0 Å². The third-order valence-corrected chi connectivity index (χ3v) is 4.56. The zero-order valence-corrected chi connectivity index (χ0v) is 14.7. The number of hydrogen-bond acceptors (Lipinski definition) is 6. The summed E-state index contributed by atoms with van der Waals surface area (Å²) in [4.78, 5) is 25.4. The molecule has 2 aromatic rings. The maximum Gasteiger partial charge on any atom is 0.750 e. The summed E-state index contributed by atoms with van der Waals surface area (Å²) in [6.45, 7) is 1.35. The van der Waals surface area contributed by atoms with Crippen molar-refractivity contribution in [3.8, 4) is 5.75 Å². The highest BCUT2D eigenvalue weighted by Gasteiger charge is 2.39. The van der Waals surface area contributed by atoms with Gasteiger partial charge in [-0.25, -0.2) is 13.7 Å². The van der Waals surface area contributed by atoms with E-state index in [0.717, 1.165) is 4.57 Å². The van der Waals surface area contributed by atoms with Gasteiger partial charge < -0.3 is 4.74 Å². The van der Waals surface area contributed by atoms with E-state index in [2.05, 4.69) is 4.98 Å². The fourth-order valence-corrected chi connectivity index (χ4v) is 3.20. The third-order valence-electron chi connectivity index (χ3n) is 3.84. The number of aromatic nitrogens is 2. The SMILES string of the molecule is Cc1cn(C2OC(CO[P+](=O)Oc3ccccc3)CC2F)c(=O)[nH]c1=O. The molecule has 8 nitrogen and oxygen atoms in total. The second-order valence-electron chi connectivity index (χ2n) is 5.80. The molecule has 4 unspecified atom stereocenters. The number of nitrogens with one attached hydrogen (secondary N) is 1. The first-order valence-corrected chi connectivity index (χ1v) is 8.98. The molecule has 0 aliphatic carbocycles. The van der Waals surface area contributed by atoms with Gasteiger partial charge in [-0.3, -0.25) is 14.3 Å². The van der Waals surface area contributed by atoms with Gasteiger partial charge in [-0.1, -0.05) is 18.2 Å². The van der Waals surface area contributed by atoms with Gasteiger partial charge in [0.25, 0.3) is 5.56 Å². The van der Waals surface area contributed by atoms with E-state index in [1.807, 2.05) is 0 Å². The van der Waals surface area contributed by atoms with Gasteiger partial charge >= 0.3 is 13.9 Å². The van der Waals surface area contributed by atoms with Crippen LogP contribution in [0.2, 0.25) is 0 Å². The number of hydrogen-bond donors (Lipinski definition) is 1. The van der Waals surface area contributed by atoms with Gasteiger partial charge in [-0.05, 0) is 19.1 Å². The molecule has 1 saturated heterocycles.